The maximum atomic E-state index is 10.4. The average Bonchev–Trinajstić information content (AvgIpc) is 2.15. The van der Waals surface area contributed by atoms with Crippen LogP contribution in [-0.2, 0) is 0 Å². The van der Waals surface area contributed by atoms with Gasteiger partial charge in [0.25, 0.3) is 0 Å². The molecule has 4 heteroatoms. The molecule has 0 spiro atoms. The lowest BCUT2D eigenvalue weighted by Crippen LogP contribution is -2.36. The van der Waals surface area contributed by atoms with E-state index < -0.39 is 5.60 Å². The Hall–Kier alpha value is 0.690. The number of halogens is 1. The number of alkyl halides is 1. The third-order valence-electron chi connectivity index (χ3n) is 2.75. The van der Waals surface area contributed by atoms with Crippen LogP contribution in [0.15, 0.2) is 11.6 Å². The Balaban J connectivity index is 2.80. The van der Waals surface area contributed by atoms with Crippen molar-refractivity contribution in [3.63, 3.8) is 0 Å². The van der Waals surface area contributed by atoms with Gasteiger partial charge in [0, 0.05) is 12.3 Å². The van der Waals surface area contributed by atoms with Crippen molar-refractivity contribution >= 4 is 35.1 Å². The summed E-state index contributed by atoms with van der Waals surface area (Å²) >= 11 is 9.72. The fourth-order valence-corrected chi connectivity index (χ4v) is 6.25. The van der Waals surface area contributed by atoms with E-state index >= 15 is 0 Å². The minimum absolute atomic E-state index is 0.0483. The zero-order valence-corrected chi connectivity index (χ0v) is 13.4. The molecule has 0 saturated carbocycles. The summed E-state index contributed by atoms with van der Waals surface area (Å²) < 4.78 is 0.0483. The Labute approximate surface area is 119 Å². The number of hydrogen-bond acceptors (Lipinski definition) is 3. The highest BCUT2D eigenvalue weighted by Crippen LogP contribution is 2.49. The van der Waals surface area contributed by atoms with Crippen LogP contribution in [0, 0.1) is 0 Å². The molecule has 1 rings (SSSR count). The molecule has 1 N–H and O–H groups in total. The third kappa shape index (κ3) is 5.46. The summed E-state index contributed by atoms with van der Waals surface area (Å²) in [6.07, 6.45) is 5.04. The lowest BCUT2D eigenvalue weighted by atomic mass is 9.96. The van der Waals surface area contributed by atoms with Gasteiger partial charge >= 0.3 is 0 Å². The van der Waals surface area contributed by atoms with E-state index in [4.69, 9.17) is 11.6 Å². The van der Waals surface area contributed by atoms with Crippen molar-refractivity contribution < 1.29 is 5.11 Å². The van der Waals surface area contributed by atoms with Crippen LogP contribution in [0.25, 0.3) is 0 Å². The molecule has 1 nitrogen and oxygen atoms in total. The molecule has 0 aromatic rings. The minimum atomic E-state index is -0.662. The largest absolute Gasteiger partial charge is 0.390 e. The summed E-state index contributed by atoms with van der Waals surface area (Å²) in [7, 11) is 0. The van der Waals surface area contributed by atoms with Crippen molar-refractivity contribution in [3.05, 3.63) is 11.6 Å². The molecular weight excluding hydrogens is 272 g/mol. The molecule has 100 valence electrons. The molecule has 1 aliphatic heterocycles. The maximum absolute atomic E-state index is 10.4. The van der Waals surface area contributed by atoms with Gasteiger partial charge in [-0.3, -0.25) is 0 Å². The Morgan fingerprint density at radius 1 is 1.41 bits per heavy atom. The van der Waals surface area contributed by atoms with E-state index in [0.29, 0.717) is 12.3 Å². The van der Waals surface area contributed by atoms with Crippen molar-refractivity contribution in [1.29, 1.82) is 0 Å². The summed E-state index contributed by atoms with van der Waals surface area (Å²) in [5.41, 5.74) is 0.666. The van der Waals surface area contributed by atoms with Crippen LogP contribution >= 0.6 is 35.1 Å². The van der Waals surface area contributed by atoms with E-state index in [1.807, 2.05) is 30.4 Å². The van der Waals surface area contributed by atoms with Gasteiger partial charge in [-0.15, -0.1) is 35.1 Å². The topological polar surface area (TPSA) is 20.2 Å². The number of aliphatic hydroxyl groups is 1. The first-order valence-corrected chi connectivity index (χ1v) is 8.62. The van der Waals surface area contributed by atoms with Crippen molar-refractivity contribution in [2.24, 2.45) is 0 Å². The van der Waals surface area contributed by atoms with Gasteiger partial charge in [-0.1, -0.05) is 11.6 Å². The van der Waals surface area contributed by atoms with Gasteiger partial charge in [-0.25, -0.2) is 0 Å². The third-order valence-corrected chi connectivity index (χ3v) is 6.13. The Morgan fingerprint density at radius 3 is 2.47 bits per heavy atom. The number of rotatable bonds is 5. The molecule has 1 aliphatic rings. The molecule has 1 heterocycles. The highest BCUT2D eigenvalue weighted by molar-refractivity contribution is 8.19. The lowest BCUT2D eigenvalue weighted by molar-refractivity contribution is 0.0480. The Bertz CT molecular complexity index is 267. The predicted molar refractivity (Wildman–Crippen MR) is 82.3 cm³/mol. The van der Waals surface area contributed by atoms with E-state index in [9.17, 15) is 5.11 Å². The first-order valence-electron chi connectivity index (χ1n) is 6.11. The van der Waals surface area contributed by atoms with Crippen LogP contribution in [0.4, 0.5) is 0 Å². The quantitative estimate of drug-likeness (QED) is 0.603. The second kappa shape index (κ2) is 6.74. The molecule has 0 aromatic carbocycles. The molecule has 1 unspecified atom stereocenters. The van der Waals surface area contributed by atoms with Crippen LogP contribution in [0.5, 0.6) is 0 Å². The molecule has 1 saturated heterocycles. The van der Waals surface area contributed by atoms with Gasteiger partial charge in [0.05, 0.1) is 9.68 Å². The van der Waals surface area contributed by atoms with Crippen LogP contribution < -0.4 is 0 Å². The average molecular weight is 295 g/mol. The van der Waals surface area contributed by atoms with E-state index in [1.54, 1.807) is 0 Å². The molecule has 0 aliphatic carbocycles. The van der Waals surface area contributed by atoms with Crippen molar-refractivity contribution in [2.45, 2.75) is 49.7 Å². The smallest absolute Gasteiger partial charge is 0.0820 e. The van der Waals surface area contributed by atoms with E-state index in [0.717, 1.165) is 6.42 Å². The van der Waals surface area contributed by atoms with Gasteiger partial charge < -0.3 is 5.11 Å². The zero-order chi connectivity index (χ0) is 12.9. The van der Waals surface area contributed by atoms with Crippen molar-refractivity contribution in [1.82, 2.24) is 0 Å². The number of hydrogen-bond donors (Lipinski definition) is 1. The molecular formula is C13H23ClOS2. The first-order chi connectivity index (χ1) is 7.89. The highest BCUT2D eigenvalue weighted by atomic mass is 35.5. The summed E-state index contributed by atoms with van der Waals surface area (Å²) in [5.74, 6) is 2.90. The normalized spacial score (nSPS) is 22.9. The summed E-state index contributed by atoms with van der Waals surface area (Å²) in [4.78, 5) is 0. The molecule has 1 fully saturated rings. The fourth-order valence-electron chi connectivity index (χ4n) is 2.09. The van der Waals surface area contributed by atoms with Crippen LogP contribution in [-0.4, -0.2) is 32.2 Å². The molecule has 0 aromatic heterocycles. The summed E-state index contributed by atoms with van der Waals surface area (Å²) in [5, 5.41) is 10.4. The zero-order valence-electron chi connectivity index (χ0n) is 11.0. The van der Waals surface area contributed by atoms with E-state index in [-0.39, 0.29) is 4.08 Å². The minimum Gasteiger partial charge on any atom is -0.390 e. The van der Waals surface area contributed by atoms with E-state index in [1.165, 1.54) is 23.5 Å². The van der Waals surface area contributed by atoms with Crippen LogP contribution in [0.1, 0.15) is 40.0 Å². The predicted octanol–water partition coefficient (Wildman–Crippen LogP) is 4.29. The molecule has 0 amide bonds. The second-order valence-corrected chi connectivity index (χ2v) is 8.68. The molecule has 0 bridgehead atoms. The second-order valence-electron chi connectivity index (χ2n) is 5.20. The molecule has 17 heavy (non-hydrogen) atoms. The molecule has 0 radical (unpaired) electrons. The first kappa shape index (κ1) is 15.7. The fraction of sp³-hybridized carbons (Fsp3) is 0.846. The van der Waals surface area contributed by atoms with Crippen LogP contribution in [0.2, 0.25) is 0 Å². The van der Waals surface area contributed by atoms with Gasteiger partial charge in [0.2, 0.25) is 0 Å². The maximum Gasteiger partial charge on any atom is 0.0820 e. The van der Waals surface area contributed by atoms with Crippen molar-refractivity contribution in [3.8, 4) is 0 Å². The van der Waals surface area contributed by atoms with Gasteiger partial charge in [0.1, 0.15) is 0 Å². The molecule has 1 atom stereocenters. The SMILES string of the molecule is CC(C)=CC1(CC(C)(O)CCCl)SCCCS1. The summed E-state index contributed by atoms with van der Waals surface area (Å²) in [6, 6.07) is 0. The number of allylic oxidation sites excluding steroid dienone is 1. The van der Waals surface area contributed by atoms with Gasteiger partial charge in [-0.2, -0.15) is 0 Å². The van der Waals surface area contributed by atoms with Crippen molar-refractivity contribution in [2.75, 3.05) is 17.4 Å². The van der Waals surface area contributed by atoms with Gasteiger partial charge in [0.15, 0.2) is 0 Å². The van der Waals surface area contributed by atoms with Crippen LogP contribution in [0.3, 0.4) is 0 Å². The number of thioether (sulfide) groups is 2. The van der Waals surface area contributed by atoms with Gasteiger partial charge in [-0.05, 0) is 45.1 Å². The summed E-state index contributed by atoms with van der Waals surface area (Å²) in [6.45, 7) is 6.17. The Kier molecular flexibility index (Phi) is 6.24. The lowest BCUT2D eigenvalue weighted by Gasteiger charge is -2.39. The van der Waals surface area contributed by atoms with E-state index in [2.05, 4.69) is 19.9 Å². The highest BCUT2D eigenvalue weighted by Gasteiger charge is 2.38. The Morgan fingerprint density at radius 2 is 2.00 bits per heavy atom. The monoisotopic (exact) mass is 294 g/mol. The standard InChI is InChI=1S/C13H23ClOS2/c1-11(2)9-13(16-7-4-8-17-13)10-12(3,15)5-6-14/h9,15H,4-8,10H2,1-3H3.